The van der Waals surface area contributed by atoms with E-state index in [1.54, 1.807) is 12.1 Å². The van der Waals surface area contributed by atoms with E-state index in [-0.39, 0.29) is 17.3 Å². The molecule has 0 spiro atoms. The Bertz CT molecular complexity index is 626. The number of nitro groups is 1. The van der Waals surface area contributed by atoms with Gasteiger partial charge in [-0.15, -0.1) is 0 Å². The van der Waals surface area contributed by atoms with Gasteiger partial charge < -0.3 is 5.32 Å². The Morgan fingerprint density at radius 1 is 1.20 bits per heavy atom. The van der Waals surface area contributed by atoms with Gasteiger partial charge in [-0.05, 0) is 24.6 Å². The van der Waals surface area contributed by atoms with Crippen LogP contribution in [0.1, 0.15) is 28.9 Å². The second kappa shape index (κ2) is 5.97. The molecule has 0 aliphatic rings. The minimum absolute atomic E-state index is 0.0722. The van der Waals surface area contributed by atoms with Gasteiger partial charge in [0.2, 0.25) is 0 Å². The predicted octanol–water partition coefficient (Wildman–Crippen LogP) is 3.58. The molecule has 2 aromatic carbocycles. The van der Waals surface area contributed by atoms with E-state index in [9.17, 15) is 14.9 Å². The first-order chi connectivity index (χ1) is 9.61. The lowest BCUT2D eigenvalue weighted by Gasteiger charge is -2.15. The predicted molar refractivity (Wildman–Crippen MR) is 77.0 cm³/mol. The Labute approximate surface area is 116 Å². The van der Waals surface area contributed by atoms with Crippen LogP contribution in [0, 0.1) is 10.1 Å². The molecular formula is C15H14N2O3. The first-order valence-corrected chi connectivity index (χ1v) is 6.17. The lowest BCUT2D eigenvalue weighted by atomic mass is 10.1. The molecule has 1 atom stereocenters. The number of carbonyl (C=O) groups excluding carboxylic acids is 1. The number of nitro benzene ring substituents is 1. The highest BCUT2D eigenvalue weighted by Gasteiger charge is 2.16. The largest absolute Gasteiger partial charge is 0.373 e. The highest BCUT2D eigenvalue weighted by molar-refractivity contribution is 5.79. The Morgan fingerprint density at radius 2 is 1.90 bits per heavy atom. The first-order valence-electron chi connectivity index (χ1n) is 6.17. The Balaban J connectivity index is 2.29. The van der Waals surface area contributed by atoms with Crippen LogP contribution in [0.15, 0.2) is 48.5 Å². The van der Waals surface area contributed by atoms with E-state index in [1.165, 1.54) is 6.07 Å². The van der Waals surface area contributed by atoms with Crippen LogP contribution in [0.25, 0.3) is 0 Å². The van der Waals surface area contributed by atoms with Gasteiger partial charge in [0.15, 0.2) is 0 Å². The molecule has 2 rings (SSSR count). The SMILES string of the molecule is C[C@@H](Nc1ccc(C=O)cc1[N+](=O)[O-])c1ccccc1. The molecule has 20 heavy (non-hydrogen) atoms. The Kier molecular flexibility index (Phi) is 4.10. The minimum Gasteiger partial charge on any atom is -0.373 e. The zero-order valence-corrected chi connectivity index (χ0v) is 10.9. The van der Waals surface area contributed by atoms with Crippen molar-refractivity contribution in [1.82, 2.24) is 0 Å². The Morgan fingerprint density at radius 3 is 2.50 bits per heavy atom. The smallest absolute Gasteiger partial charge is 0.293 e. The highest BCUT2D eigenvalue weighted by Crippen LogP contribution is 2.28. The van der Waals surface area contributed by atoms with E-state index >= 15 is 0 Å². The second-order valence-corrected chi connectivity index (χ2v) is 4.43. The number of nitrogens with zero attached hydrogens (tertiary/aromatic N) is 1. The van der Waals surface area contributed by atoms with E-state index < -0.39 is 4.92 Å². The summed E-state index contributed by atoms with van der Waals surface area (Å²) in [7, 11) is 0. The maximum Gasteiger partial charge on any atom is 0.293 e. The van der Waals surface area contributed by atoms with Gasteiger partial charge in [-0.1, -0.05) is 30.3 Å². The molecule has 0 amide bonds. The molecule has 0 bridgehead atoms. The summed E-state index contributed by atoms with van der Waals surface area (Å²) in [6, 6.07) is 13.9. The summed E-state index contributed by atoms with van der Waals surface area (Å²) < 4.78 is 0. The molecule has 2 aromatic rings. The maximum atomic E-state index is 11.1. The van der Waals surface area contributed by atoms with Crippen molar-refractivity contribution < 1.29 is 9.72 Å². The standard InChI is InChI=1S/C15H14N2O3/c1-11(13-5-3-2-4-6-13)16-14-8-7-12(10-18)9-15(14)17(19)20/h2-11,16H,1H3/t11-/m1/s1. The van der Waals surface area contributed by atoms with Crippen LogP contribution in [0.5, 0.6) is 0 Å². The summed E-state index contributed by atoms with van der Waals surface area (Å²) in [6.45, 7) is 1.92. The third kappa shape index (κ3) is 3.00. The van der Waals surface area contributed by atoms with Crippen LogP contribution in [0.3, 0.4) is 0 Å². The van der Waals surface area contributed by atoms with Gasteiger partial charge in [-0.2, -0.15) is 0 Å². The van der Waals surface area contributed by atoms with Crippen molar-refractivity contribution >= 4 is 17.7 Å². The molecule has 5 heteroatoms. The van der Waals surface area contributed by atoms with Crippen LogP contribution in [0.4, 0.5) is 11.4 Å². The van der Waals surface area contributed by atoms with Gasteiger partial charge >= 0.3 is 0 Å². The highest BCUT2D eigenvalue weighted by atomic mass is 16.6. The van der Waals surface area contributed by atoms with E-state index in [0.29, 0.717) is 12.0 Å². The first kappa shape index (κ1) is 13.7. The fourth-order valence-electron chi connectivity index (χ4n) is 1.95. The molecule has 0 saturated carbocycles. The van der Waals surface area contributed by atoms with E-state index in [1.807, 2.05) is 37.3 Å². The molecule has 0 saturated heterocycles. The van der Waals surface area contributed by atoms with Gasteiger partial charge in [0.25, 0.3) is 5.69 Å². The monoisotopic (exact) mass is 270 g/mol. The average Bonchev–Trinajstić information content (AvgIpc) is 2.48. The zero-order chi connectivity index (χ0) is 14.5. The summed E-state index contributed by atoms with van der Waals surface area (Å²) in [5.74, 6) is 0. The third-order valence-corrected chi connectivity index (χ3v) is 3.03. The quantitative estimate of drug-likeness (QED) is 0.512. The summed E-state index contributed by atoms with van der Waals surface area (Å²) >= 11 is 0. The number of carbonyl (C=O) groups is 1. The fourth-order valence-corrected chi connectivity index (χ4v) is 1.95. The average molecular weight is 270 g/mol. The summed E-state index contributed by atoms with van der Waals surface area (Å²) in [5.41, 5.74) is 1.62. The fraction of sp³-hybridized carbons (Fsp3) is 0.133. The maximum absolute atomic E-state index is 11.1. The topological polar surface area (TPSA) is 72.2 Å². The van der Waals surface area contributed by atoms with Crippen molar-refractivity contribution in [3.05, 3.63) is 69.8 Å². The number of hydrogen-bond acceptors (Lipinski definition) is 4. The Hall–Kier alpha value is -2.69. The van der Waals surface area contributed by atoms with Crippen LogP contribution in [-0.2, 0) is 0 Å². The summed E-state index contributed by atoms with van der Waals surface area (Å²) in [6.07, 6.45) is 0.595. The van der Waals surface area contributed by atoms with Gasteiger partial charge in [-0.3, -0.25) is 14.9 Å². The van der Waals surface area contributed by atoms with Crippen LogP contribution >= 0.6 is 0 Å². The lowest BCUT2D eigenvalue weighted by Crippen LogP contribution is -2.08. The molecule has 0 aromatic heterocycles. The number of nitrogens with one attached hydrogen (secondary N) is 1. The molecule has 0 heterocycles. The molecule has 0 radical (unpaired) electrons. The summed E-state index contributed by atoms with van der Waals surface area (Å²) in [4.78, 5) is 21.3. The van der Waals surface area contributed by atoms with Crippen molar-refractivity contribution in [3.63, 3.8) is 0 Å². The molecule has 0 aliphatic heterocycles. The van der Waals surface area contributed by atoms with Crippen molar-refractivity contribution in [2.75, 3.05) is 5.32 Å². The van der Waals surface area contributed by atoms with E-state index in [0.717, 1.165) is 5.56 Å². The number of rotatable bonds is 5. The number of aldehydes is 1. The van der Waals surface area contributed by atoms with Gasteiger partial charge in [-0.25, -0.2) is 0 Å². The summed E-state index contributed by atoms with van der Waals surface area (Å²) in [5, 5.41) is 14.2. The van der Waals surface area contributed by atoms with E-state index in [2.05, 4.69) is 5.32 Å². The molecule has 102 valence electrons. The normalized spacial score (nSPS) is 11.7. The minimum atomic E-state index is -0.493. The van der Waals surface area contributed by atoms with Gasteiger partial charge in [0.05, 0.1) is 4.92 Å². The second-order valence-electron chi connectivity index (χ2n) is 4.43. The van der Waals surface area contributed by atoms with Crippen molar-refractivity contribution in [1.29, 1.82) is 0 Å². The van der Waals surface area contributed by atoms with Crippen molar-refractivity contribution in [3.8, 4) is 0 Å². The van der Waals surface area contributed by atoms with Gasteiger partial charge in [0.1, 0.15) is 12.0 Å². The molecule has 5 nitrogen and oxygen atoms in total. The van der Waals surface area contributed by atoms with Crippen LogP contribution < -0.4 is 5.32 Å². The third-order valence-electron chi connectivity index (χ3n) is 3.03. The molecule has 1 N–H and O–H groups in total. The number of anilines is 1. The molecular weight excluding hydrogens is 256 g/mol. The van der Waals surface area contributed by atoms with E-state index in [4.69, 9.17) is 0 Å². The van der Waals surface area contributed by atoms with Crippen LogP contribution in [0.2, 0.25) is 0 Å². The van der Waals surface area contributed by atoms with Crippen molar-refractivity contribution in [2.24, 2.45) is 0 Å². The van der Waals surface area contributed by atoms with Crippen molar-refractivity contribution in [2.45, 2.75) is 13.0 Å². The number of benzene rings is 2. The molecule has 0 aliphatic carbocycles. The van der Waals surface area contributed by atoms with Crippen LogP contribution in [-0.4, -0.2) is 11.2 Å². The van der Waals surface area contributed by atoms with Gasteiger partial charge in [0, 0.05) is 17.7 Å². The zero-order valence-electron chi connectivity index (χ0n) is 10.9. The molecule has 0 fully saturated rings. The number of hydrogen-bond donors (Lipinski definition) is 1. The molecule has 0 unspecified atom stereocenters. The lowest BCUT2D eigenvalue weighted by molar-refractivity contribution is -0.384.